The first-order valence-corrected chi connectivity index (χ1v) is 6.62. The first kappa shape index (κ1) is 12.2. The summed E-state index contributed by atoms with van der Waals surface area (Å²) in [5, 5.41) is 3.61. The van der Waals surface area contributed by atoms with Gasteiger partial charge in [0.25, 0.3) is 0 Å². The molecule has 2 rings (SSSR count). The summed E-state index contributed by atoms with van der Waals surface area (Å²) in [5.74, 6) is 3.46. The van der Waals surface area contributed by atoms with Crippen LogP contribution in [-0.2, 0) is 0 Å². The molecule has 0 amide bonds. The highest BCUT2D eigenvalue weighted by Gasteiger charge is 2.29. The van der Waals surface area contributed by atoms with Gasteiger partial charge in [0.15, 0.2) is 0 Å². The van der Waals surface area contributed by atoms with E-state index < -0.39 is 0 Å². The van der Waals surface area contributed by atoms with Crippen molar-refractivity contribution in [2.75, 3.05) is 6.54 Å². The molecule has 0 unspecified atom stereocenters. The highest BCUT2D eigenvalue weighted by molar-refractivity contribution is 5.22. The third-order valence-electron chi connectivity index (χ3n) is 3.59. The number of nitrogens with one attached hydrogen (secondary N) is 1. The minimum Gasteiger partial charge on any atom is -0.314 e. The zero-order chi connectivity index (χ0) is 11.9. The fraction of sp³-hybridized carbons (Fsp3) is 0.500. The molecule has 0 spiro atoms. The molecule has 1 fully saturated rings. The van der Waals surface area contributed by atoms with Gasteiger partial charge < -0.3 is 5.32 Å². The lowest BCUT2D eigenvalue weighted by Crippen LogP contribution is -2.40. The monoisotopic (exact) mass is 227 g/mol. The van der Waals surface area contributed by atoms with Crippen LogP contribution in [0, 0.1) is 12.3 Å². The van der Waals surface area contributed by atoms with E-state index in [9.17, 15) is 0 Å². The number of hydrogen-bond donors (Lipinski definition) is 1. The van der Waals surface area contributed by atoms with Crippen molar-refractivity contribution in [2.45, 2.75) is 44.1 Å². The molecule has 0 atom stereocenters. The van der Waals surface area contributed by atoms with E-state index in [4.69, 9.17) is 6.42 Å². The standard InChI is InChI=1S/C16H21N/c1-2-3-4-8-11-17-16-12-15(13-16)14-9-6-5-7-10-14/h1,5-7,9-10,15-17H,3-4,8,11-13H2. The van der Waals surface area contributed by atoms with Gasteiger partial charge in [-0.15, -0.1) is 12.3 Å². The van der Waals surface area contributed by atoms with Gasteiger partial charge in [-0.3, -0.25) is 0 Å². The maximum atomic E-state index is 5.22. The summed E-state index contributed by atoms with van der Waals surface area (Å²) in [6.07, 6.45) is 11.1. The normalized spacial score (nSPS) is 22.8. The summed E-state index contributed by atoms with van der Waals surface area (Å²) in [6, 6.07) is 11.6. The molecule has 1 aromatic carbocycles. The Morgan fingerprint density at radius 1 is 1.18 bits per heavy atom. The Bertz CT molecular complexity index is 357. The smallest absolute Gasteiger partial charge is 0.00865 e. The second kappa shape index (κ2) is 6.47. The Hall–Kier alpha value is -1.26. The van der Waals surface area contributed by atoms with Gasteiger partial charge in [-0.25, -0.2) is 0 Å². The number of unbranched alkanes of at least 4 members (excludes halogenated alkanes) is 2. The summed E-state index contributed by atoms with van der Waals surface area (Å²) < 4.78 is 0. The van der Waals surface area contributed by atoms with Crippen LogP contribution in [0.4, 0.5) is 0 Å². The zero-order valence-corrected chi connectivity index (χ0v) is 10.4. The molecular weight excluding hydrogens is 206 g/mol. The summed E-state index contributed by atoms with van der Waals surface area (Å²) >= 11 is 0. The molecule has 1 aliphatic carbocycles. The lowest BCUT2D eigenvalue weighted by Gasteiger charge is -2.36. The van der Waals surface area contributed by atoms with E-state index in [0.29, 0.717) is 0 Å². The van der Waals surface area contributed by atoms with E-state index in [1.807, 2.05) is 0 Å². The lowest BCUT2D eigenvalue weighted by molar-refractivity contribution is 0.290. The first-order chi connectivity index (χ1) is 8.40. The van der Waals surface area contributed by atoms with E-state index in [1.165, 1.54) is 24.8 Å². The molecule has 1 heteroatoms. The highest BCUT2D eigenvalue weighted by atomic mass is 14.9. The van der Waals surface area contributed by atoms with E-state index in [-0.39, 0.29) is 0 Å². The second-order valence-electron chi connectivity index (χ2n) is 4.89. The van der Waals surface area contributed by atoms with Crippen molar-refractivity contribution in [3.8, 4) is 12.3 Å². The largest absolute Gasteiger partial charge is 0.314 e. The fourth-order valence-electron chi connectivity index (χ4n) is 2.44. The number of terminal acetylenes is 1. The number of hydrogen-bond acceptors (Lipinski definition) is 1. The van der Waals surface area contributed by atoms with Crippen molar-refractivity contribution in [2.24, 2.45) is 0 Å². The molecule has 1 saturated carbocycles. The van der Waals surface area contributed by atoms with Crippen LogP contribution >= 0.6 is 0 Å². The maximum absolute atomic E-state index is 5.22. The number of rotatable bonds is 6. The Morgan fingerprint density at radius 2 is 1.94 bits per heavy atom. The Balaban J connectivity index is 1.59. The topological polar surface area (TPSA) is 12.0 Å². The SMILES string of the molecule is C#CCCCCNC1CC(c2ccccc2)C1. The molecule has 1 aromatic rings. The van der Waals surface area contributed by atoms with Crippen LogP contribution < -0.4 is 5.32 Å². The van der Waals surface area contributed by atoms with Crippen LogP contribution in [0.25, 0.3) is 0 Å². The minimum atomic E-state index is 0.728. The van der Waals surface area contributed by atoms with Crippen molar-refractivity contribution in [3.05, 3.63) is 35.9 Å². The molecule has 1 aliphatic rings. The van der Waals surface area contributed by atoms with Crippen molar-refractivity contribution < 1.29 is 0 Å². The summed E-state index contributed by atoms with van der Waals surface area (Å²) in [7, 11) is 0. The second-order valence-corrected chi connectivity index (χ2v) is 4.89. The molecule has 17 heavy (non-hydrogen) atoms. The van der Waals surface area contributed by atoms with Gasteiger partial charge in [0.05, 0.1) is 0 Å². The van der Waals surface area contributed by atoms with Crippen LogP contribution in [0.5, 0.6) is 0 Å². The van der Waals surface area contributed by atoms with Crippen LogP contribution in [0.1, 0.15) is 43.6 Å². The average Bonchev–Trinajstić information content (AvgIpc) is 2.32. The van der Waals surface area contributed by atoms with Gasteiger partial charge in [0.2, 0.25) is 0 Å². The maximum Gasteiger partial charge on any atom is 0.00865 e. The Kier molecular flexibility index (Phi) is 4.64. The van der Waals surface area contributed by atoms with Gasteiger partial charge in [0, 0.05) is 12.5 Å². The molecular formula is C16H21N. The molecule has 0 heterocycles. The van der Waals surface area contributed by atoms with E-state index in [1.54, 1.807) is 0 Å². The van der Waals surface area contributed by atoms with Gasteiger partial charge in [0.1, 0.15) is 0 Å². The van der Waals surface area contributed by atoms with Crippen molar-refractivity contribution in [1.82, 2.24) is 5.32 Å². The Labute approximate surface area is 105 Å². The van der Waals surface area contributed by atoms with Crippen LogP contribution in [0.3, 0.4) is 0 Å². The summed E-state index contributed by atoms with van der Waals surface area (Å²) in [4.78, 5) is 0. The molecule has 0 aromatic heterocycles. The van der Waals surface area contributed by atoms with Crippen LogP contribution in [0.15, 0.2) is 30.3 Å². The minimum absolute atomic E-state index is 0.728. The average molecular weight is 227 g/mol. The molecule has 0 aliphatic heterocycles. The molecule has 0 radical (unpaired) electrons. The summed E-state index contributed by atoms with van der Waals surface area (Å²) in [6.45, 7) is 1.12. The summed E-state index contributed by atoms with van der Waals surface area (Å²) in [5.41, 5.74) is 1.50. The zero-order valence-electron chi connectivity index (χ0n) is 10.4. The van der Waals surface area contributed by atoms with E-state index in [0.717, 1.165) is 31.3 Å². The van der Waals surface area contributed by atoms with E-state index >= 15 is 0 Å². The molecule has 0 saturated heterocycles. The van der Waals surface area contributed by atoms with Crippen LogP contribution in [0.2, 0.25) is 0 Å². The van der Waals surface area contributed by atoms with Gasteiger partial charge in [-0.05, 0) is 43.7 Å². The van der Waals surface area contributed by atoms with Crippen molar-refractivity contribution in [1.29, 1.82) is 0 Å². The molecule has 1 N–H and O–H groups in total. The molecule has 90 valence electrons. The first-order valence-electron chi connectivity index (χ1n) is 6.62. The highest BCUT2D eigenvalue weighted by Crippen LogP contribution is 2.36. The fourth-order valence-corrected chi connectivity index (χ4v) is 2.44. The quantitative estimate of drug-likeness (QED) is 0.580. The van der Waals surface area contributed by atoms with Gasteiger partial charge >= 0.3 is 0 Å². The Morgan fingerprint density at radius 3 is 2.65 bits per heavy atom. The third kappa shape index (κ3) is 3.61. The van der Waals surface area contributed by atoms with Crippen molar-refractivity contribution in [3.63, 3.8) is 0 Å². The third-order valence-corrected chi connectivity index (χ3v) is 3.59. The van der Waals surface area contributed by atoms with Gasteiger partial charge in [-0.1, -0.05) is 30.3 Å². The van der Waals surface area contributed by atoms with Gasteiger partial charge in [-0.2, -0.15) is 0 Å². The number of benzene rings is 1. The molecule has 1 nitrogen and oxygen atoms in total. The van der Waals surface area contributed by atoms with Crippen LogP contribution in [-0.4, -0.2) is 12.6 Å². The predicted molar refractivity (Wildman–Crippen MR) is 72.9 cm³/mol. The van der Waals surface area contributed by atoms with E-state index in [2.05, 4.69) is 41.6 Å². The molecule has 0 bridgehead atoms. The lowest BCUT2D eigenvalue weighted by atomic mass is 9.76. The predicted octanol–water partition coefficient (Wildman–Crippen LogP) is 3.33. The van der Waals surface area contributed by atoms with Crippen molar-refractivity contribution >= 4 is 0 Å².